The molecule has 0 N–H and O–H groups in total. The fourth-order valence-corrected chi connectivity index (χ4v) is 3.20. The standard InChI is InChI=1S/C15H14ClN3OS/c1-18(9-11-3-2-4-12(16)7-11)10-13-8-14(20)19-5-6-21-15(19)17-13/h2-8H,9-10H2,1H3. The molecule has 0 aliphatic rings. The van der Waals surface area contributed by atoms with Gasteiger partial charge in [0.05, 0.1) is 5.69 Å². The first-order chi connectivity index (χ1) is 10.1. The quantitative estimate of drug-likeness (QED) is 0.742. The summed E-state index contributed by atoms with van der Waals surface area (Å²) >= 11 is 7.45. The summed E-state index contributed by atoms with van der Waals surface area (Å²) < 4.78 is 1.56. The number of fused-ring (bicyclic) bond motifs is 1. The second-order valence-electron chi connectivity index (χ2n) is 4.94. The van der Waals surface area contributed by atoms with Gasteiger partial charge >= 0.3 is 0 Å². The average Bonchev–Trinajstić information content (AvgIpc) is 2.87. The maximum Gasteiger partial charge on any atom is 0.258 e. The average molecular weight is 320 g/mol. The molecule has 3 rings (SSSR count). The van der Waals surface area contributed by atoms with Crippen LogP contribution in [0.5, 0.6) is 0 Å². The van der Waals surface area contributed by atoms with Crippen LogP contribution in [-0.2, 0) is 13.1 Å². The molecule has 0 aliphatic heterocycles. The highest BCUT2D eigenvalue weighted by Gasteiger charge is 2.07. The normalized spacial score (nSPS) is 11.4. The summed E-state index contributed by atoms with van der Waals surface area (Å²) in [4.78, 5) is 19.3. The molecule has 0 radical (unpaired) electrons. The van der Waals surface area contributed by atoms with Crippen molar-refractivity contribution in [1.29, 1.82) is 0 Å². The molecule has 0 saturated carbocycles. The smallest absolute Gasteiger partial charge is 0.258 e. The predicted octanol–water partition coefficient (Wildman–Crippen LogP) is 3.04. The van der Waals surface area contributed by atoms with Gasteiger partial charge in [-0.3, -0.25) is 14.1 Å². The van der Waals surface area contributed by atoms with Crippen LogP contribution in [0.15, 0.2) is 46.7 Å². The second-order valence-corrected chi connectivity index (χ2v) is 6.25. The van der Waals surface area contributed by atoms with Crippen molar-refractivity contribution in [2.75, 3.05) is 7.05 Å². The fraction of sp³-hybridized carbons (Fsp3) is 0.200. The molecule has 108 valence electrons. The van der Waals surface area contributed by atoms with E-state index >= 15 is 0 Å². The Hall–Kier alpha value is -1.69. The number of aromatic nitrogens is 2. The lowest BCUT2D eigenvalue weighted by molar-refractivity contribution is 0.315. The number of thiazole rings is 1. The van der Waals surface area contributed by atoms with E-state index in [1.807, 2.05) is 36.7 Å². The van der Waals surface area contributed by atoms with E-state index < -0.39 is 0 Å². The van der Waals surface area contributed by atoms with Gasteiger partial charge in [0.1, 0.15) is 0 Å². The van der Waals surface area contributed by atoms with Gasteiger partial charge in [0.2, 0.25) is 0 Å². The van der Waals surface area contributed by atoms with E-state index in [1.54, 1.807) is 16.7 Å². The van der Waals surface area contributed by atoms with Gasteiger partial charge in [-0.05, 0) is 24.7 Å². The van der Waals surface area contributed by atoms with Crippen LogP contribution in [0.25, 0.3) is 4.96 Å². The minimum atomic E-state index is -0.0348. The molecule has 0 unspecified atom stereocenters. The lowest BCUT2D eigenvalue weighted by Crippen LogP contribution is -2.21. The number of hydrogen-bond donors (Lipinski definition) is 0. The summed E-state index contributed by atoms with van der Waals surface area (Å²) in [7, 11) is 2.00. The Bertz CT molecular complexity index is 827. The van der Waals surface area contributed by atoms with Crippen molar-refractivity contribution in [1.82, 2.24) is 14.3 Å². The maximum absolute atomic E-state index is 11.9. The van der Waals surface area contributed by atoms with Crippen molar-refractivity contribution in [2.45, 2.75) is 13.1 Å². The molecule has 0 aliphatic carbocycles. The monoisotopic (exact) mass is 319 g/mol. The van der Waals surface area contributed by atoms with Gasteiger partial charge in [-0.25, -0.2) is 4.98 Å². The van der Waals surface area contributed by atoms with Crippen molar-refractivity contribution in [3.8, 4) is 0 Å². The molecule has 0 saturated heterocycles. The van der Waals surface area contributed by atoms with Gasteiger partial charge < -0.3 is 0 Å². The SMILES string of the molecule is CN(Cc1cccc(Cl)c1)Cc1cc(=O)n2ccsc2n1. The van der Waals surface area contributed by atoms with E-state index in [1.165, 1.54) is 11.3 Å². The molecule has 0 fully saturated rings. The van der Waals surface area contributed by atoms with Crippen LogP contribution in [0.1, 0.15) is 11.3 Å². The zero-order valence-electron chi connectivity index (χ0n) is 11.5. The number of rotatable bonds is 4. The summed E-state index contributed by atoms with van der Waals surface area (Å²) in [6, 6.07) is 9.37. The zero-order chi connectivity index (χ0) is 14.8. The highest BCUT2D eigenvalue weighted by Crippen LogP contribution is 2.13. The Balaban J connectivity index is 1.76. The van der Waals surface area contributed by atoms with Gasteiger partial charge in [0.25, 0.3) is 5.56 Å². The minimum Gasteiger partial charge on any atom is -0.296 e. The van der Waals surface area contributed by atoms with Gasteiger partial charge in [-0.1, -0.05) is 23.7 Å². The third kappa shape index (κ3) is 3.32. The molecule has 0 amide bonds. The third-order valence-electron chi connectivity index (χ3n) is 3.13. The van der Waals surface area contributed by atoms with Gasteiger partial charge in [0, 0.05) is 35.8 Å². The first-order valence-corrected chi connectivity index (χ1v) is 7.76. The molecule has 1 aromatic carbocycles. The van der Waals surface area contributed by atoms with E-state index in [2.05, 4.69) is 9.88 Å². The lowest BCUT2D eigenvalue weighted by Gasteiger charge is -2.16. The predicted molar refractivity (Wildman–Crippen MR) is 86.0 cm³/mol. The molecule has 3 aromatic rings. The molecule has 21 heavy (non-hydrogen) atoms. The minimum absolute atomic E-state index is 0.0348. The molecule has 4 nitrogen and oxygen atoms in total. The molecule has 2 heterocycles. The maximum atomic E-state index is 11.9. The topological polar surface area (TPSA) is 37.6 Å². The van der Waals surface area contributed by atoms with E-state index in [4.69, 9.17) is 11.6 Å². The van der Waals surface area contributed by atoms with Crippen molar-refractivity contribution in [3.63, 3.8) is 0 Å². The van der Waals surface area contributed by atoms with Crippen LogP contribution in [0.4, 0.5) is 0 Å². The highest BCUT2D eigenvalue weighted by atomic mass is 35.5. The molecule has 0 bridgehead atoms. The fourth-order valence-electron chi connectivity index (χ4n) is 2.25. The first kappa shape index (κ1) is 14.3. The largest absolute Gasteiger partial charge is 0.296 e. The van der Waals surface area contributed by atoms with Gasteiger partial charge in [0.15, 0.2) is 4.96 Å². The summed E-state index contributed by atoms with van der Waals surface area (Å²) in [6.45, 7) is 1.38. The van der Waals surface area contributed by atoms with Crippen LogP contribution in [0.3, 0.4) is 0 Å². The van der Waals surface area contributed by atoms with E-state index in [-0.39, 0.29) is 5.56 Å². The second kappa shape index (κ2) is 5.97. The number of hydrogen-bond acceptors (Lipinski definition) is 4. The summed E-state index contributed by atoms with van der Waals surface area (Å²) in [5.74, 6) is 0. The van der Waals surface area contributed by atoms with E-state index in [9.17, 15) is 4.79 Å². The summed E-state index contributed by atoms with van der Waals surface area (Å²) in [6.07, 6.45) is 1.74. The number of benzene rings is 1. The van der Waals surface area contributed by atoms with Gasteiger partial charge in [-0.2, -0.15) is 0 Å². The lowest BCUT2D eigenvalue weighted by atomic mass is 10.2. The molecular formula is C15H14ClN3OS. The van der Waals surface area contributed by atoms with Crippen LogP contribution in [-0.4, -0.2) is 21.3 Å². The first-order valence-electron chi connectivity index (χ1n) is 6.50. The zero-order valence-corrected chi connectivity index (χ0v) is 13.1. The molecule has 2 aromatic heterocycles. The van der Waals surface area contributed by atoms with Crippen LogP contribution >= 0.6 is 22.9 Å². The number of nitrogens with zero attached hydrogens (tertiary/aromatic N) is 3. The molecule has 6 heteroatoms. The Morgan fingerprint density at radius 1 is 1.33 bits per heavy atom. The van der Waals surface area contributed by atoms with Crippen molar-refractivity contribution in [3.05, 3.63) is 68.5 Å². The molecular weight excluding hydrogens is 306 g/mol. The van der Waals surface area contributed by atoms with Gasteiger partial charge in [-0.15, -0.1) is 11.3 Å². The third-order valence-corrected chi connectivity index (χ3v) is 4.12. The van der Waals surface area contributed by atoms with Crippen molar-refractivity contribution in [2.24, 2.45) is 0 Å². The summed E-state index contributed by atoms with van der Waals surface area (Å²) in [5.41, 5.74) is 1.89. The Morgan fingerprint density at radius 2 is 2.19 bits per heavy atom. The highest BCUT2D eigenvalue weighted by molar-refractivity contribution is 7.15. The Labute approximate surface area is 131 Å². The molecule has 0 spiro atoms. The Morgan fingerprint density at radius 3 is 3.00 bits per heavy atom. The number of halogens is 1. The molecule has 0 atom stereocenters. The van der Waals surface area contributed by atoms with E-state index in [0.29, 0.717) is 6.54 Å². The van der Waals surface area contributed by atoms with E-state index in [0.717, 1.165) is 27.8 Å². The van der Waals surface area contributed by atoms with Crippen molar-refractivity contribution < 1.29 is 0 Å². The van der Waals surface area contributed by atoms with Crippen LogP contribution in [0.2, 0.25) is 5.02 Å². The van der Waals surface area contributed by atoms with Crippen LogP contribution in [0, 0.1) is 0 Å². The Kier molecular flexibility index (Phi) is 4.05. The van der Waals surface area contributed by atoms with Crippen molar-refractivity contribution >= 4 is 27.9 Å². The summed E-state index contributed by atoms with van der Waals surface area (Å²) in [5, 5.41) is 2.60. The van der Waals surface area contributed by atoms with Crippen LogP contribution < -0.4 is 5.56 Å².